The molecule has 1 aliphatic rings. The van der Waals surface area contributed by atoms with Gasteiger partial charge in [0.05, 0.1) is 7.11 Å². The van der Waals surface area contributed by atoms with Gasteiger partial charge in [-0.2, -0.15) is 0 Å². The predicted molar refractivity (Wildman–Crippen MR) is 138 cm³/mol. The molecule has 2 atom stereocenters. The monoisotopic (exact) mass is 456 g/mol. The number of nitrogens with two attached hydrogens (primary N) is 1. The van der Waals surface area contributed by atoms with E-state index in [-0.39, 0.29) is 11.8 Å². The van der Waals surface area contributed by atoms with Crippen molar-refractivity contribution in [2.75, 3.05) is 13.7 Å². The molecule has 3 aromatic rings. The molecular weight excluding hydrogens is 420 g/mol. The molecule has 1 fully saturated rings. The summed E-state index contributed by atoms with van der Waals surface area (Å²) in [5, 5.41) is 3.78. The fourth-order valence-corrected chi connectivity index (χ4v) is 5.69. The second-order valence-corrected chi connectivity index (χ2v) is 9.37. The number of benzene rings is 3. The largest absolute Gasteiger partial charge is 0.497 e. The summed E-state index contributed by atoms with van der Waals surface area (Å²) >= 11 is 0. The molecule has 1 aliphatic carbocycles. The number of primary amides is 1. The van der Waals surface area contributed by atoms with E-state index in [4.69, 9.17) is 10.5 Å². The van der Waals surface area contributed by atoms with Crippen molar-refractivity contribution in [1.82, 2.24) is 5.32 Å². The summed E-state index contributed by atoms with van der Waals surface area (Å²) in [4.78, 5) is 13.3. The van der Waals surface area contributed by atoms with E-state index in [0.29, 0.717) is 6.04 Å². The second-order valence-electron chi connectivity index (χ2n) is 9.37. The molecule has 3 aromatic carbocycles. The van der Waals surface area contributed by atoms with Gasteiger partial charge in [-0.25, -0.2) is 0 Å². The molecule has 1 amide bonds. The maximum atomic E-state index is 13.3. The van der Waals surface area contributed by atoms with Gasteiger partial charge in [-0.1, -0.05) is 79.2 Å². The molecule has 0 radical (unpaired) electrons. The lowest BCUT2D eigenvalue weighted by Crippen LogP contribution is -2.51. The smallest absolute Gasteiger partial charge is 0.232 e. The number of methoxy groups -OCH3 is 1. The van der Waals surface area contributed by atoms with Crippen LogP contribution < -0.4 is 15.8 Å². The highest BCUT2D eigenvalue weighted by Crippen LogP contribution is 2.46. The summed E-state index contributed by atoms with van der Waals surface area (Å²) < 4.78 is 5.25. The van der Waals surface area contributed by atoms with E-state index in [1.165, 1.54) is 5.56 Å². The van der Waals surface area contributed by atoms with Crippen molar-refractivity contribution < 1.29 is 9.53 Å². The zero-order chi connectivity index (χ0) is 23.8. The van der Waals surface area contributed by atoms with Crippen molar-refractivity contribution in [1.29, 1.82) is 0 Å². The SMILES string of the molecule is COc1ccc(CCCNC2CCCC(C(C(N)=O)(c3ccccc3)c3ccccc3)C2)cc1. The van der Waals surface area contributed by atoms with Crippen molar-refractivity contribution in [3.05, 3.63) is 102 Å². The minimum atomic E-state index is -0.814. The van der Waals surface area contributed by atoms with Crippen LogP contribution in [0.15, 0.2) is 84.9 Å². The van der Waals surface area contributed by atoms with Crippen molar-refractivity contribution >= 4 is 5.91 Å². The third-order valence-electron chi connectivity index (χ3n) is 7.37. The minimum absolute atomic E-state index is 0.155. The van der Waals surface area contributed by atoms with Gasteiger partial charge in [-0.05, 0) is 73.4 Å². The normalized spacial score (nSPS) is 18.4. The van der Waals surface area contributed by atoms with Gasteiger partial charge in [0.15, 0.2) is 0 Å². The molecule has 178 valence electrons. The Balaban J connectivity index is 1.47. The minimum Gasteiger partial charge on any atom is -0.497 e. The lowest BCUT2D eigenvalue weighted by atomic mass is 9.60. The zero-order valence-electron chi connectivity index (χ0n) is 20.1. The van der Waals surface area contributed by atoms with Crippen LogP contribution in [0.25, 0.3) is 0 Å². The number of rotatable bonds is 10. The maximum Gasteiger partial charge on any atom is 0.232 e. The molecule has 4 heteroatoms. The van der Waals surface area contributed by atoms with Gasteiger partial charge < -0.3 is 15.8 Å². The first-order valence-electron chi connectivity index (χ1n) is 12.4. The van der Waals surface area contributed by atoms with Crippen molar-refractivity contribution in [3.63, 3.8) is 0 Å². The molecular formula is C30H36N2O2. The van der Waals surface area contributed by atoms with E-state index < -0.39 is 5.41 Å². The molecule has 0 heterocycles. The highest BCUT2D eigenvalue weighted by atomic mass is 16.5. The van der Waals surface area contributed by atoms with Gasteiger partial charge in [0.2, 0.25) is 5.91 Å². The number of amides is 1. The number of aryl methyl sites for hydroxylation is 1. The Morgan fingerprint density at radius 2 is 1.56 bits per heavy atom. The number of carbonyl (C=O) groups excluding carboxylic acids is 1. The Morgan fingerprint density at radius 1 is 0.941 bits per heavy atom. The van der Waals surface area contributed by atoms with E-state index in [9.17, 15) is 4.79 Å². The van der Waals surface area contributed by atoms with E-state index in [2.05, 4.69) is 41.7 Å². The standard InChI is InChI=1S/C30H36N2O2/c1-34-28-19-17-23(18-20-28)10-9-21-32-27-16-8-15-26(22-27)30(29(31)33,24-11-4-2-5-12-24)25-13-6-3-7-14-25/h2-7,11-14,17-20,26-27,32H,8-10,15-16,21-22H2,1H3,(H2,31,33). The molecule has 2 unspecified atom stereocenters. The molecule has 0 spiro atoms. The molecule has 4 nitrogen and oxygen atoms in total. The highest BCUT2D eigenvalue weighted by molar-refractivity contribution is 5.91. The molecule has 4 rings (SSSR count). The maximum absolute atomic E-state index is 13.3. The lowest BCUT2D eigenvalue weighted by molar-refractivity contribution is -0.124. The van der Waals surface area contributed by atoms with Gasteiger partial charge in [0, 0.05) is 6.04 Å². The van der Waals surface area contributed by atoms with Crippen molar-refractivity contribution in [2.24, 2.45) is 11.7 Å². The van der Waals surface area contributed by atoms with E-state index in [1.807, 2.05) is 48.5 Å². The summed E-state index contributed by atoms with van der Waals surface area (Å²) in [6.07, 6.45) is 6.28. The molecule has 0 aliphatic heterocycles. The van der Waals surface area contributed by atoms with Crippen LogP contribution in [0.2, 0.25) is 0 Å². The summed E-state index contributed by atoms with van der Waals surface area (Å²) in [5.74, 6) is 0.794. The molecule has 0 aromatic heterocycles. The van der Waals surface area contributed by atoms with Crippen LogP contribution in [-0.2, 0) is 16.6 Å². The fourth-order valence-electron chi connectivity index (χ4n) is 5.69. The molecule has 34 heavy (non-hydrogen) atoms. The van der Waals surface area contributed by atoms with Crippen LogP contribution in [-0.4, -0.2) is 25.6 Å². The first-order chi connectivity index (χ1) is 16.6. The molecule has 0 saturated heterocycles. The van der Waals surface area contributed by atoms with Crippen LogP contribution in [0, 0.1) is 5.92 Å². The summed E-state index contributed by atoms with van der Waals surface area (Å²) in [7, 11) is 1.69. The van der Waals surface area contributed by atoms with Gasteiger partial charge >= 0.3 is 0 Å². The van der Waals surface area contributed by atoms with Crippen LogP contribution in [0.3, 0.4) is 0 Å². The first-order valence-corrected chi connectivity index (χ1v) is 12.4. The van der Waals surface area contributed by atoms with Gasteiger partial charge in [0.1, 0.15) is 11.2 Å². The number of carbonyl (C=O) groups is 1. The van der Waals surface area contributed by atoms with Crippen LogP contribution in [0.4, 0.5) is 0 Å². The van der Waals surface area contributed by atoms with Gasteiger partial charge in [0.25, 0.3) is 0 Å². The fraction of sp³-hybridized carbons (Fsp3) is 0.367. The van der Waals surface area contributed by atoms with Gasteiger partial charge in [-0.3, -0.25) is 4.79 Å². The quantitative estimate of drug-likeness (QED) is 0.410. The Labute approximate surface area is 203 Å². The highest BCUT2D eigenvalue weighted by Gasteiger charge is 2.48. The number of hydrogen-bond acceptors (Lipinski definition) is 3. The second kappa shape index (κ2) is 11.3. The third kappa shape index (κ3) is 5.18. The lowest BCUT2D eigenvalue weighted by Gasteiger charge is -2.43. The Morgan fingerprint density at radius 3 is 2.12 bits per heavy atom. The topological polar surface area (TPSA) is 64.3 Å². The number of ether oxygens (including phenoxy) is 1. The van der Waals surface area contributed by atoms with Crippen molar-refractivity contribution in [3.8, 4) is 5.75 Å². The molecule has 1 saturated carbocycles. The third-order valence-corrected chi connectivity index (χ3v) is 7.37. The van der Waals surface area contributed by atoms with Crippen LogP contribution in [0.1, 0.15) is 48.8 Å². The van der Waals surface area contributed by atoms with Crippen molar-refractivity contribution in [2.45, 2.75) is 50.0 Å². The van der Waals surface area contributed by atoms with Crippen LogP contribution in [0.5, 0.6) is 5.75 Å². The zero-order valence-corrected chi connectivity index (χ0v) is 20.1. The summed E-state index contributed by atoms with van der Waals surface area (Å²) in [6, 6.07) is 29.0. The predicted octanol–water partition coefficient (Wildman–Crippen LogP) is 5.25. The average Bonchev–Trinajstić information content (AvgIpc) is 2.89. The average molecular weight is 457 g/mol. The summed E-state index contributed by atoms with van der Waals surface area (Å²) in [6.45, 7) is 0.962. The first kappa shape index (κ1) is 24.0. The number of hydrogen-bond donors (Lipinski definition) is 2. The Bertz CT molecular complexity index is 995. The van der Waals surface area contributed by atoms with Gasteiger partial charge in [-0.15, -0.1) is 0 Å². The Kier molecular flexibility index (Phi) is 8.02. The van der Waals surface area contributed by atoms with E-state index >= 15 is 0 Å². The Hall–Kier alpha value is -3.11. The number of nitrogens with one attached hydrogen (secondary N) is 1. The van der Waals surface area contributed by atoms with E-state index in [1.54, 1.807) is 7.11 Å². The van der Waals surface area contributed by atoms with E-state index in [0.717, 1.165) is 61.9 Å². The summed E-state index contributed by atoms with van der Waals surface area (Å²) in [5.41, 5.74) is 8.76. The molecule has 0 bridgehead atoms. The molecule has 3 N–H and O–H groups in total. The van der Waals surface area contributed by atoms with Crippen LogP contribution >= 0.6 is 0 Å².